The molecule has 3 rings (SSSR count). The maximum atomic E-state index is 10.9. The number of nitrogens with one attached hydrogen (secondary N) is 1. The highest BCUT2D eigenvalue weighted by Crippen LogP contribution is 2.29. The van der Waals surface area contributed by atoms with E-state index in [9.17, 15) is 20.1 Å². The van der Waals surface area contributed by atoms with Crippen LogP contribution in [-0.2, 0) is 11.3 Å². The first-order chi connectivity index (χ1) is 12.3. The van der Waals surface area contributed by atoms with E-state index in [1.54, 1.807) is 0 Å². The fourth-order valence-corrected chi connectivity index (χ4v) is 3.62. The Morgan fingerprint density at radius 1 is 1.15 bits per heavy atom. The molecule has 0 bridgehead atoms. The molecule has 0 radical (unpaired) electrons. The van der Waals surface area contributed by atoms with E-state index in [-0.39, 0.29) is 6.42 Å². The van der Waals surface area contributed by atoms with Gasteiger partial charge in [0.25, 0.3) is 0 Å². The van der Waals surface area contributed by atoms with Gasteiger partial charge in [-0.05, 0) is 37.0 Å². The Bertz CT molecular complexity index is 616. The summed E-state index contributed by atoms with van der Waals surface area (Å²) in [6.45, 7) is 2.44. The van der Waals surface area contributed by atoms with Crippen LogP contribution in [0, 0.1) is 0 Å². The second kappa shape index (κ2) is 7.89. The molecule has 2 heterocycles. The number of anilines is 1. The van der Waals surface area contributed by atoms with Crippen molar-refractivity contribution in [1.29, 1.82) is 0 Å². The number of aliphatic hydroxyl groups is 3. The summed E-state index contributed by atoms with van der Waals surface area (Å²) in [7, 11) is 0. The van der Waals surface area contributed by atoms with Crippen molar-refractivity contribution in [3.8, 4) is 0 Å². The van der Waals surface area contributed by atoms with Gasteiger partial charge in [-0.25, -0.2) is 0 Å². The van der Waals surface area contributed by atoms with Gasteiger partial charge in [-0.2, -0.15) is 0 Å². The lowest BCUT2D eigenvalue weighted by atomic mass is 9.88. The third kappa shape index (κ3) is 4.72. The lowest BCUT2D eigenvalue weighted by Gasteiger charge is -2.38. The van der Waals surface area contributed by atoms with Crippen molar-refractivity contribution in [2.24, 2.45) is 0 Å². The van der Waals surface area contributed by atoms with Crippen LogP contribution < -0.4 is 10.2 Å². The third-order valence-electron chi connectivity index (χ3n) is 5.24. The van der Waals surface area contributed by atoms with Crippen LogP contribution in [0.1, 0.15) is 31.2 Å². The summed E-state index contributed by atoms with van der Waals surface area (Å²) in [5, 5.41) is 41.3. The van der Waals surface area contributed by atoms with Crippen molar-refractivity contribution < 1.29 is 25.2 Å². The second-order valence-corrected chi connectivity index (χ2v) is 7.26. The van der Waals surface area contributed by atoms with Crippen LogP contribution in [0.15, 0.2) is 24.3 Å². The number of carbonyl (C=O) groups is 1. The van der Waals surface area contributed by atoms with Gasteiger partial charge in [0, 0.05) is 31.9 Å². The van der Waals surface area contributed by atoms with Crippen LogP contribution in [0.4, 0.5) is 5.69 Å². The smallest absolute Gasteiger partial charge is 0.306 e. The van der Waals surface area contributed by atoms with Crippen LogP contribution in [0.3, 0.4) is 0 Å². The normalized spacial score (nSPS) is 26.7. The molecule has 26 heavy (non-hydrogen) atoms. The lowest BCUT2D eigenvalue weighted by molar-refractivity contribution is -0.143. The fraction of sp³-hybridized carbons (Fsp3) is 0.611. The molecular weight excluding hydrogens is 338 g/mol. The maximum absolute atomic E-state index is 10.9. The number of benzene rings is 1. The van der Waals surface area contributed by atoms with Crippen molar-refractivity contribution in [2.45, 2.75) is 50.4 Å². The summed E-state index contributed by atoms with van der Waals surface area (Å²) in [5.74, 6) is -0.966. The average molecular weight is 365 g/mol. The van der Waals surface area contributed by atoms with E-state index in [2.05, 4.69) is 10.2 Å². The average Bonchev–Trinajstić information content (AvgIpc) is 2.58. The standard InChI is InChI=1S/C18H27N3O5/c22-15-5-8-21(17(25)19-15)12-13-1-3-14(4-2-13)20-9-6-18(26,7-10-20)11-16(23)24/h1-4,15,17,19,22,25-26H,5-12H2,(H,23,24). The summed E-state index contributed by atoms with van der Waals surface area (Å²) in [6, 6.07) is 8.03. The Morgan fingerprint density at radius 2 is 1.81 bits per heavy atom. The molecule has 8 heteroatoms. The molecule has 0 saturated carbocycles. The van der Waals surface area contributed by atoms with Gasteiger partial charge in [0.1, 0.15) is 6.23 Å². The molecule has 2 saturated heterocycles. The lowest BCUT2D eigenvalue weighted by Crippen LogP contribution is -2.55. The minimum atomic E-state index is -1.11. The zero-order chi connectivity index (χ0) is 18.7. The summed E-state index contributed by atoms with van der Waals surface area (Å²) < 4.78 is 0. The number of aliphatic carboxylic acids is 1. The topological polar surface area (TPSA) is 117 Å². The van der Waals surface area contributed by atoms with E-state index in [1.807, 2.05) is 29.2 Å². The molecule has 144 valence electrons. The number of piperidine rings is 1. The Morgan fingerprint density at radius 3 is 2.38 bits per heavy atom. The first-order valence-corrected chi connectivity index (χ1v) is 8.99. The van der Waals surface area contributed by atoms with E-state index in [0.717, 1.165) is 11.3 Å². The van der Waals surface area contributed by atoms with Gasteiger partial charge >= 0.3 is 5.97 Å². The Balaban J connectivity index is 1.54. The number of nitrogens with zero attached hydrogens (tertiary/aromatic N) is 2. The number of rotatable bonds is 5. The molecule has 0 aliphatic carbocycles. The summed E-state index contributed by atoms with van der Waals surface area (Å²) >= 11 is 0. The summed E-state index contributed by atoms with van der Waals surface area (Å²) in [5.41, 5.74) is 0.994. The summed E-state index contributed by atoms with van der Waals surface area (Å²) in [6.07, 6.45) is -0.276. The van der Waals surface area contributed by atoms with Gasteiger partial charge in [-0.3, -0.25) is 15.0 Å². The van der Waals surface area contributed by atoms with E-state index in [4.69, 9.17) is 5.11 Å². The first-order valence-electron chi connectivity index (χ1n) is 8.99. The molecule has 2 atom stereocenters. The highest BCUT2D eigenvalue weighted by atomic mass is 16.4. The molecular formula is C18H27N3O5. The van der Waals surface area contributed by atoms with Crippen LogP contribution in [0.25, 0.3) is 0 Å². The van der Waals surface area contributed by atoms with E-state index in [0.29, 0.717) is 45.4 Å². The van der Waals surface area contributed by atoms with Crippen LogP contribution in [-0.4, -0.2) is 69.1 Å². The van der Waals surface area contributed by atoms with Crippen LogP contribution in [0.5, 0.6) is 0 Å². The number of aliphatic hydroxyl groups excluding tert-OH is 2. The van der Waals surface area contributed by atoms with Gasteiger partial charge in [0.2, 0.25) is 0 Å². The van der Waals surface area contributed by atoms with Crippen LogP contribution in [0.2, 0.25) is 0 Å². The first kappa shape index (κ1) is 19.1. The van der Waals surface area contributed by atoms with Gasteiger partial charge in [0.05, 0.1) is 12.0 Å². The largest absolute Gasteiger partial charge is 0.481 e. The third-order valence-corrected chi connectivity index (χ3v) is 5.24. The number of carboxylic acids is 1. The molecule has 1 aromatic carbocycles. The fourth-order valence-electron chi connectivity index (χ4n) is 3.62. The molecule has 0 amide bonds. The molecule has 5 N–H and O–H groups in total. The number of hydrogen-bond donors (Lipinski definition) is 5. The van der Waals surface area contributed by atoms with Crippen LogP contribution >= 0.6 is 0 Å². The predicted molar refractivity (Wildman–Crippen MR) is 95.3 cm³/mol. The molecule has 2 unspecified atom stereocenters. The SMILES string of the molecule is O=C(O)CC1(O)CCN(c2ccc(CN3CCC(O)NC3O)cc2)CC1. The van der Waals surface area contributed by atoms with Gasteiger partial charge in [0.15, 0.2) is 6.35 Å². The Hall–Kier alpha value is -1.71. The van der Waals surface area contributed by atoms with Gasteiger partial charge in [-0.1, -0.05) is 12.1 Å². The molecule has 1 aromatic rings. The van der Waals surface area contributed by atoms with Crippen molar-refractivity contribution in [3.63, 3.8) is 0 Å². The quantitative estimate of drug-likeness (QED) is 0.491. The molecule has 2 aliphatic rings. The van der Waals surface area contributed by atoms with E-state index in [1.165, 1.54) is 0 Å². The molecule has 8 nitrogen and oxygen atoms in total. The predicted octanol–water partition coefficient (Wildman–Crippen LogP) is -0.118. The van der Waals surface area contributed by atoms with Crippen molar-refractivity contribution in [2.75, 3.05) is 24.5 Å². The zero-order valence-corrected chi connectivity index (χ0v) is 14.7. The Labute approximate surface area is 152 Å². The molecule has 2 fully saturated rings. The highest BCUT2D eigenvalue weighted by Gasteiger charge is 2.34. The molecule has 0 spiro atoms. The van der Waals surface area contributed by atoms with Gasteiger partial charge in [-0.15, -0.1) is 0 Å². The Kier molecular flexibility index (Phi) is 5.79. The second-order valence-electron chi connectivity index (χ2n) is 7.26. The zero-order valence-electron chi connectivity index (χ0n) is 14.7. The monoisotopic (exact) mass is 365 g/mol. The summed E-state index contributed by atoms with van der Waals surface area (Å²) in [4.78, 5) is 14.9. The van der Waals surface area contributed by atoms with Crippen molar-refractivity contribution in [3.05, 3.63) is 29.8 Å². The van der Waals surface area contributed by atoms with Crippen molar-refractivity contribution >= 4 is 11.7 Å². The number of hydrogen-bond acceptors (Lipinski definition) is 7. The van der Waals surface area contributed by atoms with Crippen molar-refractivity contribution in [1.82, 2.24) is 10.2 Å². The maximum Gasteiger partial charge on any atom is 0.306 e. The van der Waals surface area contributed by atoms with E-state index < -0.39 is 24.2 Å². The molecule has 2 aliphatic heterocycles. The highest BCUT2D eigenvalue weighted by molar-refractivity contribution is 5.68. The van der Waals surface area contributed by atoms with Gasteiger partial charge < -0.3 is 25.3 Å². The number of carboxylic acid groups (broad SMARTS) is 1. The molecule has 0 aromatic heterocycles. The minimum Gasteiger partial charge on any atom is -0.481 e. The van der Waals surface area contributed by atoms with E-state index >= 15 is 0 Å². The minimum absolute atomic E-state index is 0.208.